The van der Waals surface area contributed by atoms with Crippen LogP contribution in [0.3, 0.4) is 0 Å². The maximum atomic E-state index is 13.5. The predicted octanol–water partition coefficient (Wildman–Crippen LogP) is 2.98. The van der Waals surface area contributed by atoms with E-state index in [1.807, 2.05) is 7.05 Å². The minimum Gasteiger partial charge on any atom is -0.377 e. The average Bonchev–Trinajstić information content (AvgIpc) is 2.43. The summed E-state index contributed by atoms with van der Waals surface area (Å²) < 4.78 is 13.5. The Balaban J connectivity index is 2.13. The second-order valence-corrected chi connectivity index (χ2v) is 5.36. The molecule has 0 unspecified atom stereocenters. The van der Waals surface area contributed by atoms with E-state index in [-0.39, 0.29) is 11.7 Å². The summed E-state index contributed by atoms with van der Waals surface area (Å²) in [7, 11) is 1.95. The Kier molecular flexibility index (Phi) is 4.54. The summed E-state index contributed by atoms with van der Waals surface area (Å²) in [6.45, 7) is 1.61. The van der Waals surface area contributed by atoms with Gasteiger partial charge in [-0.1, -0.05) is 0 Å². The van der Waals surface area contributed by atoms with Crippen molar-refractivity contribution in [2.24, 2.45) is 0 Å². The molecule has 0 atom stereocenters. The lowest BCUT2D eigenvalue weighted by atomic mass is 9.91. The van der Waals surface area contributed by atoms with Crippen LogP contribution in [-0.4, -0.2) is 24.1 Å². The minimum absolute atomic E-state index is 0.191. The molecule has 1 aliphatic rings. The Bertz CT molecular complexity index is 499. The summed E-state index contributed by atoms with van der Waals surface area (Å²) in [6.07, 6.45) is 4.00. The van der Waals surface area contributed by atoms with Gasteiger partial charge in [0.15, 0.2) is 0 Å². The van der Waals surface area contributed by atoms with E-state index < -0.39 is 10.7 Å². The topological polar surface area (TPSA) is 67.2 Å². The summed E-state index contributed by atoms with van der Waals surface area (Å²) in [5.41, 5.74) is 0.646. The summed E-state index contributed by atoms with van der Waals surface area (Å²) in [6, 6.07) is 3.26. The quantitative estimate of drug-likeness (QED) is 0.657. The van der Waals surface area contributed by atoms with E-state index in [0.29, 0.717) is 17.3 Å². The number of hydrogen-bond acceptors (Lipinski definition) is 4. The van der Waals surface area contributed by atoms with E-state index in [0.717, 1.165) is 31.7 Å². The third-order valence-electron chi connectivity index (χ3n) is 3.97. The van der Waals surface area contributed by atoms with E-state index >= 15 is 0 Å². The third kappa shape index (κ3) is 3.25. The normalized spacial score (nSPS) is 22.6. The number of rotatable bonds is 4. The number of anilines is 1. The summed E-state index contributed by atoms with van der Waals surface area (Å²) in [5.74, 6) is -0.541. The molecular formula is C14H20FN3O2. The van der Waals surface area contributed by atoms with E-state index in [1.165, 1.54) is 6.07 Å². The van der Waals surface area contributed by atoms with Crippen molar-refractivity contribution >= 4 is 11.4 Å². The van der Waals surface area contributed by atoms with E-state index in [4.69, 9.17) is 0 Å². The van der Waals surface area contributed by atoms with Gasteiger partial charge < -0.3 is 10.6 Å². The number of nitrogens with one attached hydrogen (secondary N) is 2. The number of nitro groups is 1. The molecule has 1 fully saturated rings. The van der Waals surface area contributed by atoms with Gasteiger partial charge in [0, 0.05) is 12.1 Å². The van der Waals surface area contributed by atoms with Gasteiger partial charge in [-0.3, -0.25) is 10.1 Å². The highest BCUT2D eigenvalue weighted by Crippen LogP contribution is 2.30. The highest BCUT2D eigenvalue weighted by Gasteiger charge is 2.23. The van der Waals surface area contributed by atoms with Gasteiger partial charge in [-0.25, -0.2) is 4.39 Å². The molecule has 2 N–H and O–H groups in total. The molecule has 1 saturated carbocycles. The smallest absolute Gasteiger partial charge is 0.295 e. The molecule has 0 heterocycles. The molecule has 5 nitrogen and oxygen atoms in total. The number of nitrogens with zero attached hydrogens (tertiary/aromatic N) is 1. The molecule has 0 saturated heterocycles. The molecule has 20 heavy (non-hydrogen) atoms. The number of halogens is 1. The summed E-state index contributed by atoms with van der Waals surface area (Å²) in [5, 5.41) is 17.5. The monoisotopic (exact) mass is 281 g/mol. The zero-order valence-corrected chi connectivity index (χ0v) is 11.8. The van der Waals surface area contributed by atoms with Crippen LogP contribution < -0.4 is 10.6 Å². The van der Waals surface area contributed by atoms with Gasteiger partial charge in [0.2, 0.25) is 0 Å². The highest BCUT2D eigenvalue weighted by molar-refractivity contribution is 5.63. The largest absolute Gasteiger partial charge is 0.377 e. The fourth-order valence-corrected chi connectivity index (χ4v) is 2.68. The van der Waals surface area contributed by atoms with Crippen LogP contribution in [0.2, 0.25) is 0 Å². The molecule has 1 aliphatic carbocycles. The number of benzene rings is 1. The van der Waals surface area contributed by atoms with E-state index in [9.17, 15) is 14.5 Å². The van der Waals surface area contributed by atoms with Gasteiger partial charge >= 0.3 is 0 Å². The molecule has 110 valence electrons. The second-order valence-electron chi connectivity index (χ2n) is 5.36. The first kappa shape index (κ1) is 14.7. The molecular weight excluding hydrogens is 261 g/mol. The maximum Gasteiger partial charge on any atom is 0.295 e. The lowest BCUT2D eigenvalue weighted by Crippen LogP contribution is -2.35. The van der Waals surface area contributed by atoms with Crippen molar-refractivity contribution in [1.82, 2.24) is 5.32 Å². The van der Waals surface area contributed by atoms with Crippen molar-refractivity contribution in [1.29, 1.82) is 0 Å². The first-order valence-corrected chi connectivity index (χ1v) is 6.89. The fourth-order valence-electron chi connectivity index (χ4n) is 2.68. The summed E-state index contributed by atoms with van der Waals surface area (Å²) in [4.78, 5) is 10.5. The molecule has 6 heteroatoms. The molecule has 0 radical (unpaired) electrons. The molecule has 1 aromatic rings. The number of hydrogen-bond donors (Lipinski definition) is 2. The van der Waals surface area contributed by atoms with Gasteiger partial charge in [0.25, 0.3) is 5.69 Å². The lowest BCUT2D eigenvalue weighted by molar-refractivity contribution is -0.384. The SMILES string of the molecule is CNC1CCC(Nc2cc(C)c(F)cc2[N+](=O)[O-])CC1. The van der Waals surface area contributed by atoms with Crippen molar-refractivity contribution in [2.75, 3.05) is 12.4 Å². The Morgan fingerprint density at radius 2 is 1.85 bits per heavy atom. The Morgan fingerprint density at radius 3 is 2.40 bits per heavy atom. The van der Waals surface area contributed by atoms with Gasteiger partial charge in [0.1, 0.15) is 11.5 Å². The number of nitro benzene ring substituents is 1. The molecule has 1 aromatic carbocycles. The van der Waals surface area contributed by atoms with E-state index in [1.54, 1.807) is 6.92 Å². The fraction of sp³-hybridized carbons (Fsp3) is 0.571. The van der Waals surface area contributed by atoms with Crippen molar-refractivity contribution in [3.8, 4) is 0 Å². The van der Waals surface area contributed by atoms with Crippen LogP contribution in [0.15, 0.2) is 12.1 Å². The zero-order valence-electron chi connectivity index (χ0n) is 11.8. The zero-order chi connectivity index (χ0) is 14.7. The van der Waals surface area contributed by atoms with Gasteiger partial charge in [-0.2, -0.15) is 0 Å². The van der Waals surface area contributed by atoms with Crippen molar-refractivity contribution in [2.45, 2.75) is 44.7 Å². The van der Waals surface area contributed by atoms with Gasteiger partial charge in [-0.05, 0) is 51.3 Å². The first-order chi connectivity index (χ1) is 9.51. The standard InChI is InChI=1S/C14H20FN3O2/c1-9-7-13(14(18(19)20)8-12(9)15)17-11-5-3-10(16-2)4-6-11/h7-8,10-11,16-17H,3-6H2,1-2H3. The Labute approximate surface area is 117 Å². The van der Waals surface area contributed by atoms with Gasteiger partial charge in [-0.15, -0.1) is 0 Å². The lowest BCUT2D eigenvalue weighted by Gasteiger charge is -2.29. The highest BCUT2D eigenvalue weighted by atomic mass is 19.1. The Morgan fingerprint density at radius 1 is 1.25 bits per heavy atom. The van der Waals surface area contributed by atoms with Crippen LogP contribution in [0.1, 0.15) is 31.2 Å². The van der Waals surface area contributed by atoms with E-state index in [2.05, 4.69) is 10.6 Å². The van der Waals surface area contributed by atoms with Crippen molar-refractivity contribution < 1.29 is 9.31 Å². The molecule has 0 aliphatic heterocycles. The van der Waals surface area contributed by atoms with Crippen LogP contribution in [0.5, 0.6) is 0 Å². The molecule has 0 amide bonds. The van der Waals surface area contributed by atoms with Crippen LogP contribution in [0.25, 0.3) is 0 Å². The van der Waals surface area contributed by atoms with Crippen LogP contribution >= 0.6 is 0 Å². The molecule has 0 bridgehead atoms. The van der Waals surface area contributed by atoms with Crippen LogP contribution in [0, 0.1) is 22.9 Å². The van der Waals surface area contributed by atoms with Crippen molar-refractivity contribution in [3.05, 3.63) is 33.6 Å². The molecule has 0 spiro atoms. The summed E-state index contributed by atoms with van der Waals surface area (Å²) >= 11 is 0. The molecule has 2 rings (SSSR count). The molecule has 0 aromatic heterocycles. The van der Waals surface area contributed by atoms with Gasteiger partial charge in [0.05, 0.1) is 11.0 Å². The second kappa shape index (κ2) is 6.17. The first-order valence-electron chi connectivity index (χ1n) is 6.89. The third-order valence-corrected chi connectivity index (χ3v) is 3.97. The number of aryl methyl sites for hydroxylation is 1. The predicted molar refractivity (Wildman–Crippen MR) is 76.5 cm³/mol. The maximum absolute atomic E-state index is 13.5. The van der Waals surface area contributed by atoms with Crippen LogP contribution in [-0.2, 0) is 0 Å². The van der Waals surface area contributed by atoms with Crippen molar-refractivity contribution in [3.63, 3.8) is 0 Å². The van der Waals surface area contributed by atoms with Crippen LogP contribution in [0.4, 0.5) is 15.8 Å². The Hall–Kier alpha value is -1.69. The minimum atomic E-state index is -0.541. The average molecular weight is 281 g/mol.